The first-order valence-electron chi connectivity index (χ1n) is 9.28. The summed E-state index contributed by atoms with van der Waals surface area (Å²) in [5.74, 6) is 0.583. The maximum absolute atomic E-state index is 13.1. The van der Waals surface area contributed by atoms with Crippen molar-refractivity contribution in [2.45, 2.75) is 38.7 Å². The topological polar surface area (TPSA) is 42.4 Å². The molecular formula is C23H22F3NO2. The minimum atomic E-state index is -4.47. The van der Waals surface area contributed by atoms with Crippen LogP contribution in [0.25, 0.3) is 0 Å². The summed E-state index contributed by atoms with van der Waals surface area (Å²) in [4.78, 5) is 4.37. The largest absolute Gasteiger partial charge is 0.487 e. The molecule has 0 saturated heterocycles. The Kier molecular flexibility index (Phi) is 5.94. The van der Waals surface area contributed by atoms with Gasteiger partial charge in [0.15, 0.2) is 0 Å². The summed E-state index contributed by atoms with van der Waals surface area (Å²) in [7, 11) is 0. The Balaban J connectivity index is 1.81. The van der Waals surface area contributed by atoms with Crippen LogP contribution in [0.4, 0.5) is 13.2 Å². The van der Waals surface area contributed by atoms with E-state index < -0.39 is 17.3 Å². The molecule has 1 unspecified atom stereocenters. The van der Waals surface area contributed by atoms with Crippen LogP contribution in [0, 0.1) is 6.92 Å². The van der Waals surface area contributed by atoms with Gasteiger partial charge in [-0.2, -0.15) is 13.2 Å². The van der Waals surface area contributed by atoms with Gasteiger partial charge in [0.05, 0.1) is 11.3 Å². The number of aryl methyl sites for hydroxylation is 1. The van der Waals surface area contributed by atoms with Crippen LogP contribution in [0.1, 0.15) is 41.4 Å². The number of nitrogens with zero attached hydrogens (tertiary/aromatic N) is 1. The van der Waals surface area contributed by atoms with Crippen LogP contribution in [0.15, 0.2) is 66.7 Å². The molecule has 0 aliphatic heterocycles. The number of hydrogen-bond donors (Lipinski definition) is 1. The first kappa shape index (κ1) is 20.9. The fourth-order valence-corrected chi connectivity index (χ4v) is 3.19. The summed E-state index contributed by atoms with van der Waals surface area (Å²) in [5, 5.41) is 11.2. The molecule has 3 aromatic rings. The van der Waals surface area contributed by atoms with Gasteiger partial charge in [-0.25, -0.2) is 0 Å². The average Bonchev–Trinajstić information content (AvgIpc) is 2.71. The standard InChI is InChI=1S/C23H22F3NO2/c1-3-22(28,18-7-5-8-19(14-18)23(24,25)26)17-10-12-21(13-11-17)29-15-20-9-4-6-16(2)27-20/h4-14,28H,3,15H2,1-2H3. The second-order valence-corrected chi connectivity index (χ2v) is 6.88. The van der Waals surface area contributed by atoms with Gasteiger partial charge in [-0.05, 0) is 60.9 Å². The SMILES string of the molecule is CCC(O)(c1ccc(OCc2cccc(C)n2)cc1)c1cccc(C(F)(F)F)c1. The molecule has 0 spiro atoms. The number of ether oxygens (including phenoxy) is 1. The molecule has 0 aliphatic carbocycles. The van der Waals surface area contributed by atoms with Crippen molar-refractivity contribution in [3.63, 3.8) is 0 Å². The van der Waals surface area contributed by atoms with E-state index >= 15 is 0 Å². The van der Waals surface area contributed by atoms with E-state index in [0.717, 1.165) is 23.5 Å². The van der Waals surface area contributed by atoms with Gasteiger partial charge in [0.2, 0.25) is 0 Å². The first-order valence-corrected chi connectivity index (χ1v) is 9.28. The van der Waals surface area contributed by atoms with Gasteiger partial charge in [0.25, 0.3) is 0 Å². The van der Waals surface area contributed by atoms with Crippen LogP contribution >= 0.6 is 0 Å². The van der Waals surface area contributed by atoms with Crippen molar-refractivity contribution in [1.82, 2.24) is 4.98 Å². The van der Waals surface area contributed by atoms with Gasteiger partial charge in [-0.15, -0.1) is 0 Å². The summed E-state index contributed by atoms with van der Waals surface area (Å²) in [5.41, 5.74) is 0.0803. The van der Waals surface area contributed by atoms with Gasteiger partial charge in [-0.1, -0.05) is 37.3 Å². The fraction of sp³-hybridized carbons (Fsp3) is 0.261. The van der Waals surface area contributed by atoms with E-state index in [-0.39, 0.29) is 12.0 Å². The summed E-state index contributed by atoms with van der Waals surface area (Å²) < 4.78 is 44.9. The Labute approximate surface area is 167 Å². The summed E-state index contributed by atoms with van der Waals surface area (Å²) in [6.45, 7) is 3.93. The van der Waals surface area contributed by atoms with Crippen molar-refractivity contribution in [2.24, 2.45) is 0 Å². The Bertz CT molecular complexity index is 970. The molecule has 1 aromatic heterocycles. The van der Waals surface area contributed by atoms with Crippen LogP contribution < -0.4 is 4.74 Å². The molecule has 0 amide bonds. The number of hydrogen-bond acceptors (Lipinski definition) is 3. The van der Waals surface area contributed by atoms with E-state index in [2.05, 4.69) is 4.98 Å². The van der Waals surface area contributed by atoms with Crippen LogP contribution in [0.5, 0.6) is 5.75 Å². The molecule has 3 nitrogen and oxygen atoms in total. The number of rotatable bonds is 6. The van der Waals surface area contributed by atoms with Crippen molar-refractivity contribution < 1.29 is 23.0 Å². The molecule has 6 heteroatoms. The molecule has 0 bridgehead atoms. The van der Waals surface area contributed by atoms with Crippen LogP contribution in [-0.2, 0) is 18.4 Å². The minimum Gasteiger partial charge on any atom is -0.487 e. The highest BCUT2D eigenvalue weighted by Gasteiger charge is 2.34. The molecule has 29 heavy (non-hydrogen) atoms. The molecule has 3 rings (SSSR count). The molecule has 2 aromatic carbocycles. The summed E-state index contributed by atoms with van der Waals surface area (Å²) in [6.07, 6.45) is -4.24. The number of aromatic nitrogens is 1. The number of aliphatic hydroxyl groups is 1. The van der Waals surface area contributed by atoms with Crippen molar-refractivity contribution in [1.29, 1.82) is 0 Å². The van der Waals surface area contributed by atoms with E-state index in [0.29, 0.717) is 17.9 Å². The second kappa shape index (κ2) is 8.25. The molecule has 0 fully saturated rings. The number of alkyl halides is 3. The van der Waals surface area contributed by atoms with Gasteiger partial charge in [0.1, 0.15) is 18.0 Å². The predicted molar refractivity (Wildman–Crippen MR) is 104 cm³/mol. The zero-order valence-corrected chi connectivity index (χ0v) is 16.2. The smallest absolute Gasteiger partial charge is 0.416 e. The number of pyridine rings is 1. The second-order valence-electron chi connectivity index (χ2n) is 6.88. The Morgan fingerprint density at radius 1 is 0.897 bits per heavy atom. The van der Waals surface area contributed by atoms with Gasteiger partial charge in [-0.3, -0.25) is 4.98 Å². The van der Waals surface area contributed by atoms with Gasteiger partial charge in [0, 0.05) is 5.69 Å². The third-order valence-corrected chi connectivity index (χ3v) is 4.84. The lowest BCUT2D eigenvalue weighted by atomic mass is 9.83. The predicted octanol–water partition coefficient (Wildman–Crippen LogP) is 5.63. The molecule has 1 heterocycles. The Morgan fingerprint density at radius 3 is 2.17 bits per heavy atom. The molecular weight excluding hydrogens is 379 g/mol. The Morgan fingerprint density at radius 2 is 1.55 bits per heavy atom. The van der Waals surface area contributed by atoms with Crippen molar-refractivity contribution >= 4 is 0 Å². The average molecular weight is 401 g/mol. The van der Waals surface area contributed by atoms with E-state index in [9.17, 15) is 18.3 Å². The maximum Gasteiger partial charge on any atom is 0.416 e. The lowest BCUT2D eigenvalue weighted by Crippen LogP contribution is -2.26. The highest BCUT2D eigenvalue weighted by Crippen LogP contribution is 2.37. The van der Waals surface area contributed by atoms with Crippen molar-refractivity contribution in [2.75, 3.05) is 0 Å². The third kappa shape index (κ3) is 4.77. The lowest BCUT2D eigenvalue weighted by Gasteiger charge is -2.29. The van der Waals surface area contributed by atoms with Gasteiger partial charge < -0.3 is 9.84 Å². The van der Waals surface area contributed by atoms with Crippen LogP contribution in [0.3, 0.4) is 0 Å². The monoisotopic (exact) mass is 401 g/mol. The van der Waals surface area contributed by atoms with Crippen molar-refractivity contribution in [3.05, 3.63) is 94.8 Å². The molecule has 1 atom stereocenters. The van der Waals surface area contributed by atoms with E-state index in [1.54, 1.807) is 31.2 Å². The zero-order chi connectivity index (χ0) is 21.1. The van der Waals surface area contributed by atoms with Crippen LogP contribution in [-0.4, -0.2) is 10.1 Å². The molecule has 0 aliphatic rings. The molecule has 1 N–H and O–H groups in total. The third-order valence-electron chi connectivity index (χ3n) is 4.84. The summed E-state index contributed by atoms with van der Waals surface area (Å²) in [6, 6.07) is 17.2. The lowest BCUT2D eigenvalue weighted by molar-refractivity contribution is -0.137. The highest BCUT2D eigenvalue weighted by atomic mass is 19.4. The van der Waals surface area contributed by atoms with E-state index in [4.69, 9.17) is 4.74 Å². The minimum absolute atomic E-state index is 0.201. The van der Waals surface area contributed by atoms with E-state index in [1.165, 1.54) is 12.1 Å². The Hall–Kier alpha value is -2.86. The number of halogens is 3. The maximum atomic E-state index is 13.1. The van der Waals surface area contributed by atoms with Gasteiger partial charge >= 0.3 is 6.18 Å². The fourth-order valence-electron chi connectivity index (χ4n) is 3.19. The molecule has 152 valence electrons. The van der Waals surface area contributed by atoms with Crippen molar-refractivity contribution in [3.8, 4) is 5.75 Å². The molecule has 0 saturated carbocycles. The van der Waals surface area contributed by atoms with Crippen LogP contribution in [0.2, 0.25) is 0 Å². The zero-order valence-electron chi connectivity index (χ0n) is 16.2. The normalized spacial score (nSPS) is 13.7. The summed E-state index contributed by atoms with van der Waals surface area (Å²) >= 11 is 0. The highest BCUT2D eigenvalue weighted by molar-refractivity contribution is 5.40. The number of benzene rings is 2. The quantitative estimate of drug-likeness (QED) is 0.582. The van der Waals surface area contributed by atoms with E-state index in [1.807, 2.05) is 25.1 Å². The first-order chi connectivity index (χ1) is 13.7. The molecule has 0 radical (unpaired) electrons.